The van der Waals surface area contributed by atoms with Crippen LogP contribution in [0.3, 0.4) is 0 Å². The Labute approximate surface area is 190 Å². The molecule has 1 fully saturated rings. The molecule has 184 valence electrons. The minimum absolute atomic E-state index is 0.134. The van der Waals surface area contributed by atoms with Gasteiger partial charge in [-0.1, -0.05) is 11.2 Å². The number of halogens is 6. The maximum absolute atomic E-state index is 13.3. The van der Waals surface area contributed by atoms with Gasteiger partial charge in [0.25, 0.3) is 0 Å². The highest BCUT2D eigenvalue weighted by Gasteiger charge is 2.36. The Kier molecular flexibility index (Phi) is 7.23. The lowest BCUT2D eigenvalue weighted by Crippen LogP contribution is -2.43. The Morgan fingerprint density at radius 2 is 2.06 bits per heavy atom. The molecule has 0 saturated carbocycles. The lowest BCUT2D eigenvalue weighted by molar-refractivity contribution is -0.136. The highest BCUT2D eigenvalue weighted by molar-refractivity contribution is 5.74. The van der Waals surface area contributed by atoms with Crippen molar-refractivity contribution in [2.75, 3.05) is 31.6 Å². The van der Waals surface area contributed by atoms with Crippen molar-refractivity contribution in [3.63, 3.8) is 0 Å². The van der Waals surface area contributed by atoms with Gasteiger partial charge >= 0.3 is 18.4 Å². The maximum Gasteiger partial charge on any atom is 0.407 e. The molecule has 3 rings (SSSR count). The third kappa shape index (κ3) is 6.09. The number of hydrogen-bond donors (Lipinski definition) is 1. The summed E-state index contributed by atoms with van der Waals surface area (Å²) in [7, 11) is 1.49. The van der Waals surface area contributed by atoms with Gasteiger partial charge in [0.2, 0.25) is 5.89 Å². The monoisotopic (exact) mass is 490 g/mol. The van der Waals surface area contributed by atoms with Gasteiger partial charge in [0.1, 0.15) is 6.54 Å². The number of nitrogens with one attached hydrogen (secondary N) is 1. The van der Waals surface area contributed by atoms with Crippen LogP contribution in [0.4, 0.5) is 42.5 Å². The third-order valence-corrected chi connectivity index (χ3v) is 5.23. The van der Waals surface area contributed by atoms with Crippen LogP contribution in [0.25, 0.3) is 4.85 Å². The molecular formula is C20H20F6N6O2. The van der Waals surface area contributed by atoms with E-state index in [-0.39, 0.29) is 30.2 Å². The number of likely N-dealkylation sites (tertiary alicyclic amines) is 1. The lowest BCUT2D eigenvalue weighted by atomic mass is 9.98. The molecule has 0 bridgehead atoms. The van der Waals surface area contributed by atoms with Gasteiger partial charge in [0.05, 0.1) is 24.6 Å². The summed E-state index contributed by atoms with van der Waals surface area (Å²) in [4.78, 5) is 21.0. The predicted octanol–water partition coefficient (Wildman–Crippen LogP) is 4.73. The number of carbonyl (C=O) groups is 1. The summed E-state index contributed by atoms with van der Waals surface area (Å²) in [6, 6.07) is 2.05. The van der Waals surface area contributed by atoms with Crippen molar-refractivity contribution < 1.29 is 35.7 Å². The largest absolute Gasteiger partial charge is 0.407 e. The number of hydrogen-bond acceptors (Lipinski definition) is 5. The average molecular weight is 490 g/mol. The van der Waals surface area contributed by atoms with Gasteiger partial charge in [0, 0.05) is 25.8 Å². The van der Waals surface area contributed by atoms with E-state index >= 15 is 0 Å². The summed E-state index contributed by atoms with van der Waals surface area (Å²) < 4.78 is 84.7. The number of amides is 2. The summed E-state index contributed by atoms with van der Waals surface area (Å²) in [5.74, 6) is -0.341. The van der Waals surface area contributed by atoms with Gasteiger partial charge in [-0.15, -0.1) is 0 Å². The van der Waals surface area contributed by atoms with Crippen LogP contribution < -0.4 is 10.2 Å². The first-order valence-electron chi connectivity index (χ1n) is 10.1. The Morgan fingerprint density at radius 3 is 2.68 bits per heavy atom. The van der Waals surface area contributed by atoms with Crippen LogP contribution in [0.5, 0.6) is 0 Å². The van der Waals surface area contributed by atoms with E-state index in [9.17, 15) is 31.1 Å². The number of carbonyl (C=O) groups excluding carboxylic acids is 1. The first kappa shape index (κ1) is 25.1. The van der Waals surface area contributed by atoms with Crippen molar-refractivity contribution in [1.29, 1.82) is 0 Å². The topological polar surface area (TPSA) is 78.9 Å². The third-order valence-electron chi connectivity index (χ3n) is 5.23. The molecule has 8 nitrogen and oxygen atoms in total. The van der Waals surface area contributed by atoms with Gasteiger partial charge in [-0.2, -0.15) is 31.3 Å². The first-order chi connectivity index (χ1) is 15.9. The molecule has 2 aromatic rings. The van der Waals surface area contributed by atoms with E-state index in [1.165, 1.54) is 7.05 Å². The van der Waals surface area contributed by atoms with E-state index in [2.05, 4.69) is 20.3 Å². The normalized spacial score (nSPS) is 16.8. The second-order valence-corrected chi connectivity index (χ2v) is 7.67. The van der Waals surface area contributed by atoms with Gasteiger partial charge in [-0.25, -0.2) is 9.64 Å². The lowest BCUT2D eigenvalue weighted by Gasteiger charge is -2.30. The van der Waals surface area contributed by atoms with Gasteiger partial charge < -0.3 is 19.6 Å². The molecule has 14 heteroatoms. The highest BCUT2D eigenvalue weighted by atomic mass is 19.4. The molecule has 1 aliphatic heterocycles. The van der Waals surface area contributed by atoms with Crippen LogP contribution in [-0.2, 0) is 12.7 Å². The number of benzene rings is 1. The van der Waals surface area contributed by atoms with Crippen LogP contribution in [-0.4, -0.2) is 53.9 Å². The fraction of sp³-hybridized carbons (Fsp3) is 0.500. The molecule has 1 aromatic carbocycles. The number of alkyl halides is 6. The number of urea groups is 1. The molecule has 1 atom stereocenters. The van der Waals surface area contributed by atoms with E-state index in [0.717, 1.165) is 12.1 Å². The molecule has 1 aliphatic rings. The fourth-order valence-electron chi connectivity index (χ4n) is 3.69. The molecule has 0 aliphatic carbocycles. The predicted molar refractivity (Wildman–Crippen MR) is 107 cm³/mol. The molecule has 1 unspecified atom stereocenters. The fourth-order valence-corrected chi connectivity index (χ4v) is 3.69. The van der Waals surface area contributed by atoms with E-state index in [1.807, 2.05) is 0 Å². The zero-order valence-corrected chi connectivity index (χ0v) is 17.9. The van der Waals surface area contributed by atoms with Crippen molar-refractivity contribution in [1.82, 2.24) is 20.4 Å². The quantitative estimate of drug-likeness (QED) is 0.485. The maximum atomic E-state index is 13.3. The highest BCUT2D eigenvalue weighted by Crippen LogP contribution is 2.39. The van der Waals surface area contributed by atoms with Crippen LogP contribution >= 0.6 is 0 Å². The van der Waals surface area contributed by atoms with Crippen molar-refractivity contribution >= 4 is 17.4 Å². The number of rotatable bonds is 5. The molecule has 2 amide bonds. The average Bonchev–Trinajstić information content (AvgIpc) is 3.25. The molecule has 0 spiro atoms. The number of nitrogens with zero attached hydrogens (tertiary/aromatic N) is 5. The van der Waals surface area contributed by atoms with Gasteiger partial charge in [0.15, 0.2) is 11.5 Å². The zero-order valence-electron chi connectivity index (χ0n) is 17.9. The van der Waals surface area contributed by atoms with E-state index in [1.54, 1.807) is 4.90 Å². The van der Waals surface area contributed by atoms with E-state index < -0.39 is 42.4 Å². The SMILES string of the molecule is [C-]#[N+]c1ccc(N(Cc2noc(C3CCCN(C(=O)NC)C3)n2)CC(F)(F)F)cc1C(F)(F)F. The van der Waals surface area contributed by atoms with E-state index in [4.69, 9.17) is 11.1 Å². The second-order valence-electron chi connectivity index (χ2n) is 7.67. The minimum Gasteiger partial charge on any atom is -0.355 e. The summed E-state index contributed by atoms with van der Waals surface area (Å²) in [5, 5.41) is 6.21. The smallest absolute Gasteiger partial charge is 0.355 e. The molecular weight excluding hydrogens is 470 g/mol. The Balaban J connectivity index is 1.85. The van der Waals surface area contributed by atoms with Crippen molar-refractivity contribution in [2.45, 2.75) is 37.7 Å². The summed E-state index contributed by atoms with van der Waals surface area (Å²) in [6.07, 6.45) is -8.38. The standard InChI is InChI=1S/C20H20F6N6O2/c1-27-15-6-5-13(8-14(15)20(24,25)26)32(11-19(21,22)23)10-16-29-17(34-30-16)12-4-3-7-31(9-12)18(33)28-2/h5-6,8,12H,3-4,7,9-11H2,2H3,(H,28,33). The van der Waals surface area contributed by atoms with Crippen LogP contribution in [0.15, 0.2) is 22.7 Å². The molecule has 34 heavy (non-hydrogen) atoms. The number of anilines is 1. The van der Waals surface area contributed by atoms with Crippen molar-refractivity contribution in [3.8, 4) is 0 Å². The Hall–Kier alpha value is -3.50. The Morgan fingerprint density at radius 1 is 1.32 bits per heavy atom. The van der Waals surface area contributed by atoms with Gasteiger partial charge in [-0.05, 0) is 25.0 Å². The number of aromatic nitrogens is 2. The molecule has 1 saturated heterocycles. The molecule has 1 N–H and O–H groups in total. The summed E-state index contributed by atoms with van der Waals surface area (Å²) >= 11 is 0. The van der Waals surface area contributed by atoms with Crippen molar-refractivity contribution in [3.05, 3.63) is 46.9 Å². The first-order valence-corrected chi connectivity index (χ1v) is 10.1. The zero-order chi connectivity index (χ0) is 25.1. The van der Waals surface area contributed by atoms with E-state index in [0.29, 0.717) is 30.4 Å². The van der Waals surface area contributed by atoms with Crippen LogP contribution in [0.1, 0.15) is 36.0 Å². The van der Waals surface area contributed by atoms with Crippen LogP contribution in [0.2, 0.25) is 0 Å². The number of piperidine rings is 1. The summed E-state index contributed by atoms with van der Waals surface area (Å²) in [5.41, 5.74) is -2.45. The van der Waals surface area contributed by atoms with Crippen molar-refractivity contribution in [2.24, 2.45) is 0 Å². The second kappa shape index (κ2) is 9.78. The summed E-state index contributed by atoms with van der Waals surface area (Å²) in [6.45, 7) is 5.54. The Bertz CT molecular complexity index is 1060. The molecule has 2 heterocycles. The van der Waals surface area contributed by atoms with Crippen LogP contribution in [0, 0.1) is 6.57 Å². The molecule has 1 aromatic heterocycles. The van der Waals surface area contributed by atoms with Gasteiger partial charge in [-0.3, -0.25) is 0 Å². The molecule has 0 radical (unpaired) electrons. The minimum atomic E-state index is -4.92.